The van der Waals surface area contributed by atoms with E-state index < -0.39 is 0 Å². The maximum absolute atomic E-state index is 10.1. The molecule has 0 saturated heterocycles. The van der Waals surface area contributed by atoms with Gasteiger partial charge in [0, 0.05) is 19.2 Å². The lowest BCUT2D eigenvalue weighted by molar-refractivity contribution is -0.109. The average Bonchev–Trinajstić information content (AvgIpc) is 1.61. The highest BCUT2D eigenvalue weighted by Crippen LogP contribution is 1.96. The zero-order chi connectivity index (χ0) is 5.70. The smallest absolute Gasteiger partial charge is 0.185 e. The van der Waals surface area contributed by atoms with Crippen molar-refractivity contribution in [2.45, 2.75) is 6.92 Å². The number of nitrogens with two attached hydrogens (primary N) is 1. The Kier molecular flexibility index (Phi) is 10.1. The van der Waals surface area contributed by atoms with Gasteiger partial charge in [-0.15, -0.1) is 12.4 Å². The van der Waals surface area contributed by atoms with Gasteiger partial charge in [0.15, 0.2) is 5.12 Å². The second-order valence-corrected chi connectivity index (χ2v) is 2.40. The molecule has 0 aliphatic carbocycles. The van der Waals surface area contributed by atoms with Gasteiger partial charge in [-0.05, 0) is 0 Å². The van der Waals surface area contributed by atoms with Crippen LogP contribution in [0.4, 0.5) is 0 Å². The first-order chi connectivity index (χ1) is 3.27. The van der Waals surface area contributed by atoms with Crippen LogP contribution in [0, 0.1) is 0 Å². The molecule has 0 aliphatic rings. The summed E-state index contributed by atoms with van der Waals surface area (Å²) in [5.74, 6) is 0.745. The number of thioether (sulfide) groups is 1. The molecule has 0 amide bonds. The van der Waals surface area contributed by atoms with Crippen molar-refractivity contribution >= 4 is 29.3 Å². The summed E-state index contributed by atoms with van der Waals surface area (Å²) in [4.78, 5) is 10.1. The van der Waals surface area contributed by atoms with Crippen LogP contribution in [0.1, 0.15) is 6.92 Å². The highest BCUT2D eigenvalue weighted by Gasteiger charge is 1.87. The van der Waals surface area contributed by atoms with Crippen LogP contribution < -0.4 is 5.73 Å². The maximum atomic E-state index is 10.1. The third-order valence-electron chi connectivity index (χ3n) is 0.423. The molecule has 0 aliphatic heterocycles. The zero-order valence-corrected chi connectivity index (χ0v) is 6.35. The van der Waals surface area contributed by atoms with Gasteiger partial charge in [-0.2, -0.15) is 0 Å². The van der Waals surface area contributed by atoms with E-state index in [1.807, 2.05) is 0 Å². The van der Waals surface area contributed by atoms with Gasteiger partial charge in [0.25, 0.3) is 0 Å². The lowest BCUT2D eigenvalue weighted by Gasteiger charge is -1.87. The SMILES string of the molecule is CC(=O)SCCN.Cl. The number of carbonyl (C=O) groups is 1. The second-order valence-electron chi connectivity index (χ2n) is 1.13. The van der Waals surface area contributed by atoms with Gasteiger partial charge in [-0.25, -0.2) is 0 Å². The first-order valence-electron chi connectivity index (χ1n) is 2.11. The Labute approximate surface area is 59.6 Å². The zero-order valence-electron chi connectivity index (χ0n) is 4.72. The fraction of sp³-hybridized carbons (Fsp3) is 0.750. The molecule has 0 fully saturated rings. The minimum absolute atomic E-state index is 0. The normalized spacial score (nSPS) is 7.75. The highest BCUT2D eigenvalue weighted by molar-refractivity contribution is 8.13. The second kappa shape index (κ2) is 7.27. The molecule has 0 heterocycles. The molecule has 0 unspecified atom stereocenters. The Morgan fingerprint density at radius 1 is 1.75 bits per heavy atom. The molecule has 0 bridgehead atoms. The lowest BCUT2D eigenvalue weighted by atomic mass is 10.8. The van der Waals surface area contributed by atoms with Gasteiger partial charge < -0.3 is 5.73 Å². The molecule has 0 radical (unpaired) electrons. The molecule has 0 rings (SSSR count). The first-order valence-corrected chi connectivity index (χ1v) is 3.09. The van der Waals surface area contributed by atoms with Gasteiger partial charge in [-0.3, -0.25) is 4.79 Å². The number of carbonyl (C=O) groups excluding carboxylic acids is 1. The minimum atomic E-state index is 0. The topological polar surface area (TPSA) is 43.1 Å². The summed E-state index contributed by atoms with van der Waals surface area (Å²) in [7, 11) is 0. The van der Waals surface area contributed by atoms with Crippen LogP contribution in [0.15, 0.2) is 0 Å². The van der Waals surface area contributed by atoms with Gasteiger partial charge in [0.2, 0.25) is 0 Å². The van der Waals surface area contributed by atoms with E-state index in [4.69, 9.17) is 5.73 Å². The number of halogens is 1. The molecular weight excluding hydrogens is 146 g/mol. The van der Waals surface area contributed by atoms with E-state index in [0.29, 0.717) is 6.54 Å². The van der Waals surface area contributed by atoms with Crippen molar-refractivity contribution in [1.29, 1.82) is 0 Å². The molecule has 0 atom stereocenters. The molecule has 2 N–H and O–H groups in total. The Morgan fingerprint density at radius 2 is 2.25 bits per heavy atom. The fourth-order valence-corrected chi connectivity index (χ4v) is 0.608. The summed E-state index contributed by atoms with van der Waals surface area (Å²) < 4.78 is 0. The third kappa shape index (κ3) is 9.55. The number of rotatable bonds is 2. The van der Waals surface area contributed by atoms with E-state index in [1.54, 1.807) is 6.92 Å². The van der Waals surface area contributed by atoms with Crippen LogP contribution in [0.5, 0.6) is 0 Å². The van der Waals surface area contributed by atoms with E-state index in [2.05, 4.69) is 0 Å². The van der Waals surface area contributed by atoms with Crippen molar-refractivity contribution in [2.75, 3.05) is 12.3 Å². The summed E-state index contributed by atoms with van der Waals surface area (Å²) in [5.41, 5.74) is 5.10. The minimum Gasteiger partial charge on any atom is -0.330 e. The lowest BCUT2D eigenvalue weighted by Crippen LogP contribution is -2.02. The van der Waals surface area contributed by atoms with E-state index in [0.717, 1.165) is 5.75 Å². The Balaban J connectivity index is 0. The number of hydrogen-bond acceptors (Lipinski definition) is 3. The summed E-state index contributed by atoms with van der Waals surface area (Å²) >= 11 is 1.27. The van der Waals surface area contributed by atoms with Crippen molar-refractivity contribution in [1.82, 2.24) is 0 Å². The van der Waals surface area contributed by atoms with Crippen molar-refractivity contribution in [3.63, 3.8) is 0 Å². The van der Waals surface area contributed by atoms with Crippen molar-refractivity contribution in [2.24, 2.45) is 5.73 Å². The predicted octanol–water partition coefficient (Wildman–Crippen LogP) is 0.647. The van der Waals surface area contributed by atoms with Crippen molar-refractivity contribution in [3.05, 3.63) is 0 Å². The van der Waals surface area contributed by atoms with Crippen LogP contribution in [0.2, 0.25) is 0 Å². The summed E-state index contributed by atoms with van der Waals surface area (Å²) in [5, 5.41) is 0.144. The van der Waals surface area contributed by atoms with Gasteiger partial charge >= 0.3 is 0 Å². The molecule has 0 aromatic carbocycles. The molecule has 0 aromatic rings. The van der Waals surface area contributed by atoms with Gasteiger partial charge in [0.05, 0.1) is 0 Å². The molecule has 50 valence electrons. The van der Waals surface area contributed by atoms with Gasteiger partial charge in [-0.1, -0.05) is 11.8 Å². The summed E-state index contributed by atoms with van der Waals surface area (Å²) in [6.07, 6.45) is 0. The number of hydrogen-bond donors (Lipinski definition) is 1. The quantitative estimate of drug-likeness (QED) is 0.637. The van der Waals surface area contributed by atoms with Crippen molar-refractivity contribution in [3.8, 4) is 0 Å². The van der Waals surface area contributed by atoms with Gasteiger partial charge in [0.1, 0.15) is 0 Å². The largest absolute Gasteiger partial charge is 0.330 e. The molecule has 0 spiro atoms. The summed E-state index contributed by atoms with van der Waals surface area (Å²) in [6, 6.07) is 0. The van der Waals surface area contributed by atoms with Crippen LogP contribution in [0.3, 0.4) is 0 Å². The molecule has 0 saturated carbocycles. The molecular formula is C4H10ClNOS. The van der Waals surface area contributed by atoms with Crippen LogP contribution in [-0.4, -0.2) is 17.4 Å². The predicted molar refractivity (Wildman–Crippen MR) is 39.4 cm³/mol. The summed E-state index contributed by atoms with van der Waals surface area (Å²) in [6.45, 7) is 2.13. The molecule has 2 nitrogen and oxygen atoms in total. The van der Waals surface area contributed by atoms with Crippen molar-refractivity contribution < 1.29 is 4.79 Å². The van der Waals surface area contributed by atoms with Crippen LogP contribution in [0.25, 0.3) is 0 Å². The highest BCUT2D eigenvalue weighted by atomic mass is 35.5. The monoisotopic (exact) mass is 155 g/mol. The van der Waals surface area contributed by atoms with Crippen LogP contribution >= 0.6 is 24.2 Å². The maximum Gasteiger partial charge on any atom is 0.185 e. The molecule has 0 aromatic heterocycles. The van der Waals surface area contributed by atoms with Crippen LogP contribution in [-0.2, 0) is 4.79 Å². The Morgan fingerprint density at radius 3 is 2.38 bits per heavy atom. The Bertz CT molecular complexity index is 69.1. The molecule has 8 heavy (non-hydrogen) atoms. The Hall–Kier alpha value is 0.270. The van der Waals surface area contributed by atoms with E-state index in [1.165, 1.54) is 11.8 Å². The van der Waals surface area contributed by atoms with E-state index >= 15 is 0 Å². The van der Waals surface area contributed by atoms with E-state index in [9.17, 15) is 4.79 Å². The standard InChI is InChI=1S/C4H9NOS.ClH/c1-4(6)7-3-2-5;/h2-3,5H2,1H3;1H. The van der Waals surface area contributed by atoms with E-state index in [-0.39, 0.29) is 17.5 Å². The molecule has 4 heteroatoms. The average molecular weight is 156 g/mol. The first kappa shape index (κ1) is 11.1. The third-order valence-corrected chi connectivity index (χ3v) is 1.27. The fourth-order valence-electron chi connectivity index (χ4n) is 0.203.